The van der Waals surface area contributed by atoms with Crippen molar-refractivity contribution in [1.82, 2.24) is 14.4 Å². The lowest BCUT2D eigenvalue weighted by Crippen LogP contribution is -2.07. The fourth-order valence-corrected chi connectivity index (χ4v) is 1.89. The Bertz CT molecular complexity index is 730. The molecule has 0 saturated heterocycles. The Morgan fingerprint density at radius 2 is 2.11 bits per heavy atom. The van der Waals surface area contributed by atoms with Crippen LogP contribution in [0.3, 0.4) is 0 Å². The van der Waals surface area contributed by atoms with Crippen molar-refractivity contribution in [1.29, 1.82) is 0 Å². The van der Waals surface area contributed by atoms with Gasteiger partial charge in [-0.2, -0.15) is 0 Å². The van der Waals surface area contributed by atoms with Crippen molar-refractivity contribution >= 4 is 11.4 Å². The molecule has 0 aliphatic carbocycles. The minimum Gasteiger partial charge on any atom is -0.297 e. The van der Waals surface area contributed by atoms with Gasteiger partial charge < -0.3 is 0 Å². The maximum absolute atomic E-state index is 12.4. The summed E-state index contributed by atoms with van der Waals surface area (Å²) in [5.41, 5.74) is 2.75. The van der Waals surface area contributed by atoms with Crippen LogP contribution in [0.25, 0.3) is 5.65 Å². The number of aromatic nitrogens is 3. The highest BCUT2D eigenvalue weighted by Crippen LogP contribution is 2.11. The van der Waals surface area contributed by atoms with Crippen LogP contribution in [0.4, 0.5) is 0 Å². The molecular formula is C14H11N3O. The first kappa shape index (κ1) is 10.7. The average molecular weight is 237 g/mol. The third kappa shape index (κ3) is 1.68. The van der Waals surface area contributed by atoms with E-state index in [9.17, 15) is 4.79 Å². The maximum Gasteiger partial charge on any atom is 0.229 e. The lowest BCUT2D eigenvalue weighted by Gasteiger charge is -2.01. The monoisotopic (exact) mass is 237 g/mol. The topological polar surface area (TPSA) is 47.3 Å². The number of pyridine rings is 2. The van der Waals surface area contributed by atoms with Crippen LogP contribution >= 0.6 is 0 Å². The third-order valence-corrected chi connectivity index (χ3v) is 2.80. The van der Waals surface area contributed by atoms with Gasteiger partial charge in [0.2, 0.25) is 5.78 Å². The molecule has 4 heteroatoms. The minimum atomic E-state index is -0.114. The van der Waals surface area contributed by atoms with Gasteiger partial charge in [-0.25, -0.2) is 4.98 Å². The number of rotatable bonds is 2. The van der Waals surface area contributed by atoms with Crippen LogP contribution in [0.2, 0.25) is 0 Å². The van der Waals surface area contributed by atoms with E-state index in [1.54, 1.807) is 22.9 Å². The van der Waals surface area contributed by atoms with Crippen LogP contribution in [0, 0.1) is 6.92 Å². The molecule has 0 unspecified atom stereocenters. The van der Waals surface area contributed by atoms with Crippen LogP contribution in [-0.4, -0.2) is 20.2 Å². The maximum atomic E-state index is 12.4. The molecule has 0 fully saturated rings. The van der Waals surface area contributed by atoms with E-state index in [1.807, 2.05) is 37.4 Å². The highest BCUT2D eigenvalue weighted by Gasteiger charge is 2.15. The summed E-state index contributed by atoms with van der Waals surface area (Å²) in [7, 11) is 0. The molecular weight excluding hydrogens is 226 g/mol. The van der Waals surface area contributed by atoms with Crippen molar-refractivity contribution in [2.75, 3.05) is 0 Å². The average Bonchev–Trinajstić information content (AvgIpc) is 2.82. The SMILES string of the molecule is Cc1ccnc(C(=O)c2cnc3ccccn23)c1. The number of ketones is 1. The van der Waals surface area contributed by atoms with Crippen LogP contribution in [-0.2, 0) is 0 Å². The van der Waals surface area contributed by atoms with Gasteiger partial charge in [0.1, 0.15) is 17.0 Å². The van der Waals surface area contributed by atoms with E-state index in [1.165, 1.54) is 0 Å². The summed E-state index contributed by atoms with van der Waals surface area (Å²) in [6.07, 6.45) is 5.05. The Morgan fingerprint density at radius 1 is 1.22 bits per heavy atom. The molecule has 4 nitrogen and oxygen atoms in total. The van der Waals surface area contributed by atoms with Crippen LogP contribution in [0.1, 0.15) is 21.7 Å². The van der Waals surface area contributed by atoms with Gasteiger partial charge in [-0.1, -0.05) is 6.07 Å². The fourth-order valence-electron chi connectivity index (χ4n) is 1.89. The lowest BCUT2D eigenvalue weighted by molar-refractivity contribution is 0.102. The van der Waals surface area contributed by atoms with E-state index >= 15 is 0 Å². The molecule has 0 amide bonds. The van der Waals surface area contributed by atoms with Crippen molar-refractivity contribution in [2.45, 2.75) is 6.92 Å². The lowest BCUT2D eigenvalue weighted by atomic mass is 10.1. The number of nitrogens with zero attached hydrogens (tertiary/aromatic N) is 3. The molecule has 3 heterocycles. The highest BCUT2D eigenvalue weighted by molar-refractivity contribution is 6.06. The molecule has 3 aromatic heterocycles. The normalized spacial score (nSPS) is 10.7. The molecule has 0 radical (unpaired) electrons. The van der Waals surface area contributed by atoms with E-state index in [2.05, 4.69) is 9.97 Å². The first-order valence-electron chi connectivity index (χ1n) is 5.65. The molecule has 0 aromatic carbocycles. The molecule has 18 heavy (non-hydrogen) atoms. The van der Waals surface area contributed by atoms with E-state index in [-0.39, 0.29) is 5.78 Å². The number of hydrogen-bond acceptors (Lipinski definition) is 3. The van der Waals surface area contributed by atoms with Gasteiger partial charge in [0, 0.05) is 12.4 Å². The zero-order valence-corrected chi connectivity index (χ0v) is 9.87. The van der Waals surface area contributed by atoms with Gasteiger partial charge in [0.05, 0.1) is 6.20 Å². The van der Waals surface area contributed by atoms with Crippen molar-refractivity contribution < 1.29 is 4.79 Å². The van der Waals surface area contributed by atoms with Gasteiger partial charge in [-0.05, 0) is 36.8 Å². The van der Waals surface area contributed by atoms with Gasteiger partial charge in [-0.15, -0.1) is 0 Å². The van der Waals surface area contributed by atoms with Crippen LogP contribution in [0.5, 0.6) is 0 Å². The first-order chi connectivity index (χ1) is 8.75. The van der Waals surface area contributed by atoms with Crippen molar-refractivity contribution in [3.05, 3.63) is 65.9 Å². The Hall–Kier alpha value is -2.49. The summed E-state index contributed by atoms with van der Waals surface area (Å²) in [6, 6.07) is 9.27. The van der Waals surface area contributed by atoms with Gasteiger partial charge in [0.25, 0.3) is 0 Å². The van der Waals surface area contributed by atoms with Crippen LogP contribution in [0.15, 0.2) is 48.9 Å². The van der Waals surface area contributed by atoms with Crippen LogP contribution < -0.4 is 0 Å². The fraction of sp³-hybridized carbons (Fsp3) is 0.0714. The molecule has 0 saturated carbocycles. The second-order valence-corrected chi connectivity index (χ2v) is 4.12. The molecule has 3 aromatic rings. The number of carbonyl (C=O) groups is 1. The van der Waals surface area contributed by atoms with Crippen molar-refractivity contribution in [3.8, 4) is 0 Å². The number of imidazole rings is 1. The molecule has 0 N–H and O–H groups in total. The number of aryl methyl sites for hydroxylation is 1. The quantitative estimate of drug-likeness (QED) is 0.642. The Kier molecular flexibility index (Phi) is 2.41. The summed E-state index contributed by atoms with van der Waals surface area (Å²) in [5, 5.41) is 0. The Balaban J connectivity index is 2.12. The molecule has 0 bridgehead atoms. The number of hydrogen-bond donors (Lipinski definition) is 0. The third-order valence-electron chi connectivity index (χ3n) is 2.80. The summed E-state index contributed by atoms with van der Waals surface area (Å²) in [5.74, 6) is -0.114. The summed E-state index contributed by atoms with van der Waals surface area (Å²) >= 11 is 0. The molecule has 0 spiro atoms. The molecule has 0 atom stereocenters. The Morgan fingerprint density at radius 3 is 2.94 bits per heavy atom. The molecule has 3 rings (SSSR count). The number of carbonyl (C=O) groups excluding carboxylic acids is 1. The van der Waals surface area contributed by atoms with Gasteiger partial charge in [0.15, 0.2) is 0 Å². The van der Waals surface area contributed by atoms with E-state index < -0.39 is 0 Å². The Labute approximate surface area is 104 Å². The van der Waals surface area contributed by atoms with Gasteiger partial charge >= 0.3 is 0 Å². The predicted molar refractivity (Wildman–Crippen MR) is 67.6 cm³/mol. The molecule has 88 valence electrons. The number of fused-ring (bicyclic) bond motifs is 1. The zero-order chi connectivity index (χ0) is 12.5. The van der Waals surface area contributed by atoms with Crippen molar-refractivity contribution in [3.63, 3.8) is 0 Å². The minimum absolute atomic E-state index is 0.114. The second-order valence-electron chi connectivity index (χ2n) is 4.12. The largest absolute Gasteiger partial charge is 0.297 e. The van der Waals surface area contributed by atoms with Gasteiger partial charge in [-0.3, -0.25) is 14.2 Å². The zero-order valence-electron chi connectivity index (χ0n) is 9.87. The summed E-state index contributed by atoms with van der Waals surface area (Å²) < 4.78 is 1.77. The summed E-state index contributed by atoms with van der Waals surface area (Å²) in [4.78, 5) is 20.7. The first-order valence-corrected chi connectivity index (χ1v) is 5.65. The van der Waals surface area contributed by atoms with E-state index in [0.29, 0.717) is 11.4 Å². The molecule has 0 aliphatic rings. The van der Waals surface area contributed by atoms with E-state index in [0.717, 1.165) is 11.2 Å². The standard InChI is InChI=1S/C14H11N3O/c1-10-5-6-15-11(8-10)14(18)12-9-16-13-4-2-3-7-17(12)13/h2-9H,1H3. The molecule has 0 aliphatic heterocycles. The smallest absolute Gasteiger partial charge is 0.229 e. The summed E-state index contributed by atoms with van der Waals surface area (Å²) in [6.45, 7) is 1.94. The van der Waals surface area contributed by atoms with E-state index in [4.69, 9.17) is 0 Å². The van der Waals surface area contributed by atoms with Crippen molar-refractivity contribution in [2.24, 2.45) is 0 Å². The second kappa shape index (κ2) is 4.07. The predicted octanol–water partition coefficient (Wildman–Crippen LogP) is 2.27. The highest BCUT2D eigenvalue weighted by atomic mass is 16.1.